The van der Waals surface area contributed by atoms with Gasteiger partial charge < -0.3 is 11.1 Å². The lowest BCUT2D eigenvalue weighted by atomic mass is 9.99. The first kappa shape index (κ1) is 9.06. The molecule has 0 bridgehead atoms. The summed E-state index contributed by atoms with van der Waals surface area (Å²) >= 11 is 0. The number of primary amides is 1. The van der Waals surface area contributed by atoms with E-state index < -0.39 is 0 Å². The van der Waals surface area contributed by atoms with Crippen LogP contribution in [0.4, 0.5) is 5.69 Å². The molecule has 0 fully saturated rings. The molecule has 3 N–H and O–H groups in total. The van der Waals surface area contributed by atoms with E-state index in [1.807, 2.05) is 12.1 Å². The first-order valence-electron chi connectivity index (χ1n) is 4.69. The molecule has 0 unspecified atom stereocenters. The third-order valence-corrected chi connectivity index (χ3v) is 2.50. The van der Waals surface area contributed by atoms with Gasteiger partial charge in [-0.1, -0.05) is 0 Å². The zero-order chi connectivity index (χ0) is 10.3. The average molecular weight is 190 g/mol. The number of carbonyl (C=O) groups is 1. The fourth-order valence-corrected chi connectivity index (χ4v) is 1.90. The van der Waals surface area contributed by atoms with Crippen LogP contribution in [0.2, 0.25) is 0 Å². The van der Waals surface area contributed by atoms with Gasteiger partial charge in [-0.3, -0.25) is 4.79 Å². The van der Waals surface area contributed by atoms with E-state index in [4.69, 9.17) is 5.73 Å². The van der Waals surface area contributed by atoms with Gasteiger partial charge in [0.1, 0.15) is 0 Å². The lowest BCUT2D eigenvalue weighted by Crippen LogP contribution is -2.26. The van der Waals surface area contributed by atoms with E-state index in [2.05, 4.69) is 19.2 Å². The Morgan fingerprint density at radius 3 is 2.86 bits per heavy atom. The molecule has 0 spiro atoms. The molecule has 74 valence electrons. The van der Waals surface area contributed by atoms with Crippen molar-refractivity contribution in [2.24, 2.45) is 5.73 Å². The van der Waals surface area contributed by atoms with E-state index in [9.17, 15) is 4.79 Å². The summed E-state index contributed by atoms with van der Waals surface area (Å²) in [5.41, 5.74) is 8.17. The van der Waals surface area contributed by atoms with Crippen LogP contribution in [0, 0.1) is 0 Å². The molecule has 1 aliphatic rings. The second-order valence-corrected chi connectivity index (χ2v) is 4.42. The summed E-state index contributed by atoms with van der Waals surface area (Å²) in [6.07, 6.45) is 0.934. The van der Waals surface area contributed by atoms with Gasteiger partial charge in [0.15, 0.2) is 0 Å². The number of hydrogen-bond donors (Lipinski definition) is 2. The largest absolute Gasteiger partial charge is 0.380 e. The summed E-state index contributed by atoms with van der Waals surface area (Å²) in [4.78, 5) is 11.0. The Balaban J connectivity index is 2.40. The van der Waals surface area contributed by atoms with Gasteiger partial charge in [-0.25, -0.2) is 0 Å². The smallest absolute Gasteiger partial charge is 0.248 e. The number of rotatable bonds is 1. The molecule has 1 heterocycles. The zero-order valence-corrected chi connectivity index (χ0v) is 8.42. The van der Waals surface area contributed by atoms with Crippen molar-refractivity contribution in [2.75, 3.05) is 5.32 Å². The number of fused-ring (bicyclic) bond motifs is 1. The van der Waals surface area contributed by atoms with Crippen molar-refractivity contribution in [3.05, 3.63) is 29.3 Å². The van der Waals surface area contributed by atoms with Crippen molar-refractivity contribution in [1.29, 1.82) is 0 Å². The maximum atomic E-state index is 11.0. The number of benzene rings is 1. The molecule has 1 aliphatic heterocycles. The minimum Gasteiger partial charge on any atom is -0.380 e. The molecular weight excluding hydrogens is 176 g/mol. The molecule has 0 atom stereocenters. The predicted octanol–water partition coefficient (Wildman–Crippen LogP) is 1.53. The molecule has 1 amide bonds. The molecular formula is C11H14N2O. The number of carbonyl (C=O) groups excluding carboxylic acids is 1. The molecule has 0 saturated carbocycles. The molecule has 1 aromatic carbocycles. The van der Waals surface area contributed by atoms with E-state index in [-0.39, 0.29) is 11.4 Å². The maximum absolute atomic E-state index is 11.0. The van der Waals surface area contributed by atoms with Crippen LogP contribution in [0.3, 0.4) is 0 Å². The van der Waals surface area contributed by atoms with Crippen LogP contribution in [-0.2, 0) is 6.42 Å². The number of hydrogen-bond acceptors (Lipinski definition) is 2. The normalized spacial score (nSPS) is 17.3. The third-order valence-electron chi connectivity index (χ3n) is 2.50. The Bertz CT molecular complexity index is 396. The summed E-state index contributed by atoms with van der Waals surface area (Å²) in [5.74, 6) is -0.363. The van der Waals surface area contributed by atoms with E-state index in [1.54, 1.807) is 6.07 Å². The Morgan fingerprint density at radius 1 is 1.50 bits per heavy atom. The molecule has 3 nitrogen and oxygen atoms in total. The maximum Gasteiger partial charge on any atom is 0.248 e. The highest BCUT2D eigenvalue weighted by Crippen LogP contribution is 2.32. The molecule has 1 aromatic rings. The molecule has 14 heavy (non-hydrogen) atoms. The molecule has 2 rings (SSSR count). The third kappa shape index (κ3) is 1.45. The minimum atomic E-state index is -0.363. The first-order valence-corrected chi connectivity index (χ1v) is 4.69. The predicted molar refractivity (Wildman–Crippen MR) is 56.4 cm³/mol. The fourth-order valence-electron chi connectivity index (χ4n) is 1.90. The van der Waals surface area contributed by atoms with Crippen LogP contribution < -0.4 is 11.1 Å². The number of nitrogens with one attached hydrogen (secondary N) is 1. The van der Waals surface area contributed by atoms with Crippen LogP contribution in [-0.4, -0.2) is 11.4 Å². The number of anilines is 1. The van der Waals surface area contributed by atoms with Crippen LogP contribution in [0.1, 0.15) is 29.8 Å². The molecule has 0 aliphatic carbocycles. The highest BCUT2D eigenvalue weighted by atomic mass is 16.1. The summed E-state index contributed by atoms with van der Waals surface area (Å²) in [5, 5.41) is 3.39. The van der Waals surface area contributed by atoms with Gasteiger partial charge in [0, 0.05) is 16.8 Å². The van der Waals surface area contributed by atoms with Gasteiger partial charge in [0.2, 0.25) is 5.91 Å². The summed E-state index contributed by atoms with van der Waals surface area (Å²) in [6, 6.07) is 5.55. The van der Waals surface area contributed by atoms with Crippen molar-refractivity contribution in [3.8, 4) is 0 Å². The van der Waals surface area contributed by atoms with Crippen molar-refractivity contribution >= 4 is 11.6 Å². The monoisotopic (exact) mass is 190 g/mol. The topological polar surface area (TPSA) is 55.1 Å². The van der Waals surface area contributed by atoms with Crippen LogP contribution >= 0.6 is 0 Å². The van der Waals surface area contributed by atoms with E-state index in [0.717, 1.165) is 12.1 Å². The highest BCUT2D eigenvalue weighted by Gasteiger charge is 2.27. The summed E-state index contributed by atoms with van der Waals surface area (Å²) < 4.78 is 0. The molecule has 0 radical (unpaired) electrons. The standard InChI is InChI=1S/C11H14N2O/c1-11(2)6-8-5-7(10(12)14)3-4-9(8)13-11/h3-5,13H,6H2,1-2H3,(H2,12,14). The van der Waals surface area contributed by atoms with Crippen molar-refractivity contribution in [1.82, 2.24) is 0 Å². The lowest BCUT2D eigenvalue weighted by Gasteiger charge is -2.17. The number of nitrogens with two attached hydrogens (primary N) is 1. The second kappa shape index (κ2) is 2.74. The fraction of sp³-hybridized carbons (Fsp3) is 0.364. The van der Waals surface area contributed by atoms with Gasteiger partial charge in [0.05, 0.1) is 0 Å². The lowest BCUT2D eigenvalue weighted by molar-refractivity contribution is 0.1000. The second-order valence-electron chi connectivity index (χ2n) is 4.42. The van der Waals surface area contributed by atoms with Crippen molar-refractivity contribution < 1.29 is 4.79 Å². The summed E-state index contributed by atoms with van der Waals surface area (Å²) in [6.45, 7) is 4.27. The van der Waals surface area contributed by atoms with Crippen LogP contribution in [0.25, 0.3) is 0 Å². The molecule has 0 aromatic heterocycles. The van der Waals surface area contributed by atoms with Gasteiger partial charge in [-0.15, -0.1) is 0 Å². The van der Waals surface area contributed by atoms with Crippen LogP contribution in [0.5, 0.6) is 0 Å². The molecule has 0 saturated heterocycles. The SMILES string of the molecule is CC1(C)Cc2cc(C(N)=O)ccc2N1. The van der Waals surface area contributed by atoms with E-state index in [1.165, 1.54) is 5.56 Å². The first-order chi connectivity index (χ1) is 6.48. The summed E-state index contributed by atoms with van der Waals surface area (Å²) in [7, 11) is 0. The van der Waals surface area contributed by atoms with E-state index >= 15 is 0 Å². The zero-order valence-electron chi connectivity index (χ0n) is 8.42. The Morgan fingerprint density at radius 2 is 2.21 bits per heavy atom. The van der Waals surface area contributed by atoms with Gasteiger partial charge >= 0.3 is 0 Å². The number of amides is 1. The van der Waals surface area contributed by atoms with Crippen molar-refractivity contribution in [3.63, 3.8) is 0 Å². The van der Waals surface area contributed by atoms with Crippen molar-refractivity contribution in [2.45, 2.75) is 25.8 Å². The van der Waals surface area contributed by atoms with Gasteiger partial charge in [-0.2, -0.15) is 0 Å². The van der Waals surface area contributed by atoms with Gasteiger partial charge in [0.25, 0.3) is 0 Å². The molecule has 3 heteroatoms. The Hall–Kier alpha value is -1.51. The minimum absolute atomic E-state index is 0.0819. The Kier molecular flexibility index (Phi) is 1.77. The Labute approximate surface area is 83.3 Å². The van der Waals surface area contributed by atoms with Gasteiger partial charge in [-0.05, 0) is 44.0 Å². The quantitative estimate of drug-likeness (QED) is 0.705. The highest BCUT2D eigenvalue weighted by molar-refractivity contribution is 5.93. The van der Waals surface area contributed by atoms with Crippen LogP contribution in [0.15, 0.2) is 18.2 Å². The average Bonchev–Trinajstić information content (AvgIpc) is 2.36. The van der Waals surface area contributed by atoms with E-state index in [0.29, 0.717) is 5.56 Å².